The molecule has 1 aromatic carbocycles. The number of hydrogen-bond donors (Lipinski definition) is 0. The Morgan fingerprint density at radius 1 is 1.20 bits per heavy atom. The summed E-state index contributed by atoms with van der Waals surface area (Å²) in [6, 6.07) is 9.53. The monoisotopic (exact) mass is 345 g/mol. The van der Waals surface area contributed by atoms with Gasteiger partial charge in [0.1, 0.15) is 5.75 Å². The second-order valence-corrected chi connectivity index (χ2v) is 9.12. The number of hydrogen-bond acceptors (Lipinski definition) is 3. The van der Waals surface area contributed by atoms with Crippen molar-refractivity contribution in [1.29, 1.82) is 0 Å². The topological polar surface area (TPSA) is 21.7 Å². The third kappa shape index (κ3) is 3.21. The minimum absolute atomic E-state index is 0.120. The van der Waals surface area contributed by atoms with Crippen LogP contribution in [-0.4, -0.2) is 29.4 Å². The van der Waals surface area contributed by atoms with E-state index in [1.807, 2.05) is 0 Å². The Labute approximate surface area is 153 Å². The van der Waals surface area contributed by atoms with Gasteiger partial charge in [-0.05, 0) is 64.9 Å². The molecule has 0 aromatic heterocycles. The molecule has 0 spiro atoms. The molecule has 0 amide bonds. The maximum absolute atomic E-state index is 6.44. The van der Waals surface area contributed by atoms with Crippen LogP contribution in [-0.2, 0) is 10.3 Å². The quantitative estimate of drug-likeness (QED) is 0.749. The first-order valence-electron chi connectivity index (χ1n) is 9.89. The average molecular weight is 346 g/mol. The van der Waals surface area contributed by atoms with E-state index in [0.717, 1.165) is 12.2 Å². The number of fused-ring (bicyclic) bond motifs is 1. The Hall–Kier alpha value is -1.06. The number of rotatable bonds is 4. The largest absolute Gasteiger partial charge is 0.494 e. The van der Waals surface area contributed by atoms with Crippen LogP contribution < -0.4 is 4.74 Å². The van der Waals surface area contributed by atoms with Gasteiger partial charge in [-0.15, -0.1) is 0 Å². The van der Waals surface area contributed by atoms with Crippen LogP contribution in [0.5, 0.6) is 5.75 Å². The second kappa shape index (κ2) is 6.59. The Kier molecular flexibility index (Phi) is 4.93. The Morgan fingerprint density at radius 2 is 1.88 bits per heavy atom. The average Bonchev–Trinajstić information content (AvgIpc) is 2.80. The standard InChI is InChI=1S/C22H35NO2/c1-8-24-19-12-10-9-11-17(19)22(7)13-16(4)20-18(14-22)21(5,6)25-23(20)15(2)3/h9-12,15-16,18,20H,8,13-14H2,1-7H3. The molecule has 25 heavy (non-hydrogen) atoms. The van der Waals surface area contributed by atoms with Gasteiger partial charge in [0.05, 0.1) is 12.2 Å². The number of nitrogens with zero attached hydrogens (tertiary/aromatic N) is 1. The summed E-state index contributed by atoms with van der Waals surface area (Å²) in [5.41, 5.74) is 1.37. The van der Waals surface area contributed by atoms with Gasteiger partial charge in [0.25, 0.3) is 0 Å². The lowest BCUT2D eigenvalue weighted by molar-refractivity contribution is -0.215. The van der Waals surface area contributed by atoms with Crippen molar-refractivity contribution in [2.45, 2.75) is 84.4 Å². The highest BCUT2D eigenvalue weighted by molar-refractivity contribution is 5.40. The molecule has 0 radical (unpaired) electrons. The van der Waals surface area contributed by atoms with E-state index in [4.69, 9.17) is 9.57 Å². The van der Waals surface area contributed by atoms with Crippen LogP contribution in [0.15, 0.2) is 24.3 Å². The van der Waals surface area contributed by atoms with Crippen LogP contribution in [0.1, 0.15) is 66.9 Å². The van der Waals surface area contributed by atoms with Gasteiger partial charge in [-0.25, -0.2) is 0 Å². The molecule has 3 heteroatoms. The number of ether oxygens (including phenoxy) is 1. The molecule has 3 rings (SSSR count). The molecular weight excluding hydrogens is 310 g/mol. The van der Waals surface area contributed by atoms with Crippen LogP contribution in [0.2, 0.25) is 0 Å². The normalized spacial score (nSPS) is 35.0. The highest BCUT2D eigenvalue weighted by Crippen LogP contribution is 2.55. The molecule has 1 saturated carbocycles. The maximum atomic E-state index is 6.44. The van der Waals surface area contributed by atoms with E-state index in [9.17, 15) is 0 Å². The molecule has 140 valence electrons. The van der Waals surface area contributed by atoms with Gasteiger partial charge in [-0.2, -0.15) is 5.06 Å². The number of benzene rings is 1. The van der Waals surface area contributed by atoms with Crippen LogP contribution in [0.25, 0.3) is 0 Å². The highest BCUT2D eigenvalue weighted by Gasteiger charge is 2.57. The molecule has 1 aromatic rings. The summed E-state index contributed by atoms with van der Waals surface area (Å²) < 4.78 is 5.97. The Balaban J connectivity index is 1.97. The highest BCUT2D eigenvalue weighted by atomic mass is 16.7. The first kappa shape index (κ1) is 18.7. The van der Waals surface area contributed by atoms with Crippen molar-refractivity contribution in [1.82, 2.24) is 5.06 Å². The lowest BCUT2D eigenvalue weighted by atomic mass is 9.59. The molecular formula is C22H35NO2. The molecule has 4 atom stereocenters. The fourth-order valence-corrected chi connectivity index (χ4v) is 5.32. The Bertz CT molecular complexity index is 612. The number of hydroxylamine groups is 2. The summed E-state index contributed by atoms with van der Waals surface area (Å²) in [6.07, 6.45) is 2.31. The lowest BCUT2D eigenvalue weighted by Crippen LogP contribution is -2.50. The van der Waals surface area contributed by atoms with Crippen LogP contribution in [0, 0.1) is 11.8 Å². The number of para-hydroxylation sites is 1. The summed E-state index contributed by atoms with van der Waals surface area (Å²) in [6.45, 7) is 16.6. The van der Waals surface area contributed by atoms with Crippen LogP contribution in [0.4, 0.5) is 0 Å². The third-order valence-corrected chi connectivity index (χ3v) is 6.31. The molecule has 0 N–H and O–H groups in total. The van der Waals surface area contributed by atoms with Crippen LogP contribution >= 0.6 is 0 Å². The van der Waals surface area contributed by atoms with Crippen molar-refractivity contribution < 1.29 is 9.57 Å². The molecule has 1 aliphatic heterocycles. The first-order chi connectivity index (χ1) is 11.7. The van der Waals surface area contributed by atoms with Crippen molar-refractivity contribution >= 4 is 0 Å². The van der Waals surface area contributed by atoms with Crippen molar-refractivity contribution in [3.05, 3.63) is 29.8 Å². The van der Waals surface area contributed by atoms with E-state index in [2.05, 4.69) is 77.8 Å². The zero-order valence-electron chi connectivity index (χ0n) is 17.0. The predicted octanol–water partition coefficient (Wildman–Crippen LogP) is 5.19. The SMILES string of the molecule is CCOc1ccccc1C1(C)CC(C)C2C(C1)C(C)(C)ON2C(C)C. The minimum Gasteiger partial charge on any atom is -0.494 e. The van der Waals surface area contributed by atoms with E-state index in [1.165, 1.54) is 12.0 Å². The molecule has 2 fully saturated rings. The lowest BCUT2D eigenvalue weighted by Gasteiger charge is -2.47. The molecule has 2 aliphatic rings. The summed E-state index contributed by atoms with van der Waals surface area (Å²) in [4.78, 5) is 6.44. The fourth-order valence-electron chi connectivity index (χ4n) is 5.32. The fraction of sp³-hybridized carbons (Fsp3) is 0.727. The second-order valence-electron chi connectivity index (χ2n) is 9.12. The third-order valence-electron chi connectivity index (χ3n) is 6.31. The summed E-state index contributed by atoms with van der Waals surface area (Å²) >= 11 is 0. The molecule has 4 unspecified atom stereocenters. The zero-order chi connectivity index (χ0) is 18.4. The predicted molar refractivity (Wildman–Crippen MR) is 103 cm³/mol. The summed E-state index contributed by atoms with van der Waals surface area (Å²) in [5, 5.41) is 2.28. The van der Waals surface area contributed by atoms with E-state index in [-0.39, 0.29) is 11.0 Å². The van der Waals surface area contributed by atoms with Crippen LogP contribution in [0.3, 0.4) is 0 Å². The molecule has 3 nitrogen and oxygen atoms in total. The van der Waals surface area contributed by atoms with Crippen molar-refractivity contribution in [2.24, 2.45) is 11.8 Å². The molecule has 1 aliphatic carbocycles. The summed E-state index contributed by atoms with van der Waals surface area (Å²) in [7, 11) is 0. The Morgan fingerprint density at radius 3 is 2.52 bits per heavy atom. The van der Waals surface area contributed by atoms with E-state index >= 15 is 0 Å². The van der Waals surface area contributed by atoms with Gasteiger partial charge < -0.3 is 4.74 Å². The van der Waals surface area contributed by atoms with Crippen molar-refractivity contribution in [2.75, 3.05) is 6.61 Å². The van der Waals surface area contributed by atoms with Gasteiger partial charge in [0.15, 0.2) is 0 Å². The van der Waals surface area contributed by atoms with Crippen molar-refractivity contribution in [3.63, 3.8) is 0 Å². The van der Waals surface area contributed by atoms with Gasteiger partial charge in [0.2, 0.25) is 0 Å². The minimum atomic E-state index is -0.120. The van der Waals surface area contributed by atoms with E-state index in [0.29, 0.717) is 30.5 Å². The molecule has 1 heterocycles. The maximum Gasteiger partial charge on any atom is 0.123 e. The molecule has 1 saturated heterocycles. The van der Waals surface area contributed by atoms with E-state index < -0.39 is 0 Å². The van der Waals surface area contributed by atoms with Gasteiger partial charge in [-0.3, -0.25) is 4.84 Å². The first-order valence-corrected chi connectivity index (χ1v) is 9.89. The smallest absolute Gasteiger partial charge is 0.123 e. The van der Waals surface area contributed by atoms with E-state index in [1.54, 1.807) is 0 Å². The summed E-state index contributed by atoms with van der Waals surface area (Å²) in [5.74, 6) is 2.16. The zero-order valence-corrected chi connectivity index (χ0v) is 17.0. The van der Waals surface area contributed by atoms with Gasteiger partial charge in [0, 0.05) is 23.6 Å². The van der Waals surface area contributed by atoms with Crippen molar-refractivity contribution in [3.8, 4) is 5.75 Å². The van der Waals surface area contributed by atoms with Gasteiger partial charge >= 0.3 is 0 Å². The molecule has 0 bridgehead atoms. The van der Waals surface area contributed by atoms with Gasteiger partial charge in [-0.1, -0.05) is 32.0 Å².